The Balaban J connectivity index is 0.000000176. The lowest BCUT2D eigenvalue weighted by Gasteiger charge is -2.20. The van der Waals surface area contributed by atoms with Crippen LogP contribution in [0.3, 0.4) is 0 Å². The van der Waals surface area contributed by atoms with Gasteiger partial charge in [-0.3, -0.25) is 24.6 Å². The third-order valence-electron chi connectivity index (χ3n) is 5.06. The zero-order valence-electron chi connectivity index (χ0n) is 17.4. The first-order valence-electron chi connectivity index (χ1n) is 9.66. The van der Waals surface area contributed by atoms with Gasteiger partial charge in [-0.15, -0.1) is 0 Å². The molecule has 0 radical (unpaired) electrons. The minimum atomic E-state index is -0.0243. The van der Waals surface area contributed by atoms with E-state index in [2.05, 4.69) is 52.8 Å². The summed E-state index contributed by atoms with van der Waals surface area (Å²) in [6.07, 6.45) is 5.37. The lowest BCUT2D eigenvalue weighted by molar-refractivity contribution is -0.105. The summed E-state index contributed by atoms with van der Waals surface area (Å²) in [7, 11) is 0. The van der Waals surface area contributed by atoms with Crippen LogP contribution in [0.25, 0.3) is 5.52 Å². The van der Waals surface area contributed by atoms with Crippen molar-refractivity contribution in [1.29, 1.82) is 5.41 Å². The van der Waals surface area contributed by atoms with Gasteiger partial charge in [0.05, 0.1) is 28.6 Å². The Kier molecular flexibility index (Phi) is 6.55. The van der Waals surface area contributed by atoms with Crippen LogP contribution in [-0.2, 0) is 10.2 Å². The Morgan fingerprint density at radius 2 is 2.16 bits per heavy atom. The van der Waals surface area contributed by atoms with E-state index in [9.17, 15) is 9.59 Å². The summed E-state index contributed by atoms with van der Waals surface area (Å²) < 4.78 is 1.96. The molecule has 3 heterocycles. The summed E-state index contributed by atoms with van der Waals surface area (Å²) in [5.41, 5.74) is 6.74. The second-order valence-electron chi connectivity index (χ2n) is 7.88. The van der Waals surface area contributed by atoms with Crippen molar-refractivity contribution in [3.05, 3.63) is 57.1 Å². The fraction of sp³-hybridized carbons (Fsp3) is 0.286. The number of fused-ring (bicyclic) bond motifs is 3. The molecule has 3 aromatic rings. The molecule has 31 heavy (non-hydrogen) atoms. The third kappa shape index (κ3) is 4.83. The number of carbonyl (C=O) groups is 1. The molecule has 1 aliphatic rings. The number of anilines is 2. The van der Waals surface area contributed by atoms with Gasteiger partial charge in [0.15, 0.2) is 5.82 Å². The zero-order chi connectivity index (χ0) is 22.6. The van der Waals surface area contributed by atoms with Gasteiger partial charge in [-0.05, 0) is 30.0 Å². The first-order chi connectivity index (χ1) is 14.8. The smallest absolute Gasteiger partial charge is 0.264 e. The fourth-order valence-corrected chi connectivity index (χ4v) is 4.17. The molecule has 0 saturated carbocycles. The number of pyridine rings is 2. The Hall–Kier alpha value is -3.46. The topological polar surface area (TPSA) is 128 Å². The lowest BCUT2D eigenvalue weighted by atomic mass is 9.89. The molecule has 3 aromatic heterocycles. The van der Waals surface area contributed by atoms with Crippen LogP contribution < -0.4 is 16.3 Å². The van der Waals surface area contributed by atoms with Gasteiger partial charge in [-0.1, -0.05) is 38.4 Å². The van der Waals surface area contributed by atoms with Gasteiger partial charge in [0.1, 0.15) is 0 Å². The standard InChI is InChI=1S/C13H16N2O.C8H8ClN5O/c1-8-7-13(2,3)12-10(8)5-4-9-6-11(16)14-15(9)12;9-7-3-6(12-5-15)4-11-8(7)14-13-2-1-10/h4-6,8H,7H2,1-3H3,(H,14,16);1-5,10H,(H,11,14)(H,12,15)/b;10-1?,13-2-. The van der Waals surface area contributed by atoms with Crippen LogP contribution in [-0.4, -0.2) is 33.4 Å². The molecular formula is C21H24ClN7O2. The van der Waals surface area contributed by atoms with Crippen LogP contribution in [0.15, 0.2) is 40.4 Å². The van der Waals surface area contributed by atoms with E-state index in [-0.39, 0.29) is 11.0 Å². The summed E-state index contributed by atoms with van der Waals surface area (Å²) in [6, 6.07) is 7.37. The number of hydrogen-bond donors (Lipinski definition) is 4. The van der Waals surface area contributed by atoms with Crippen molar-refractivity contribution < 1.29 is 4.79 Å². The number of hydrazone groups is 1. The minimum absolute atomic E-state index is 0.0243. The van der Waals surface area contributed by atoms with E-state index in [1.807, 2.05) is 10.6 Å². The molecule has 162 valence electrons. The molecule has 1 unspecified atom stereocenters. The van der Waals surface area contributed by atoms with Crippen LogP contribution in [0, 0.1) is 5.41 Å². The van der Waals surface area contributed by atoms with Crippen LogP contribution in [0.1, 0.15) is 44.4 Å². The van der Waals surface area contributed by atoms with Crippen molar-refractivity contribution in [3.8, 4) is 0 Å². The molecule has 0 aromatic carbocycles. The first kappa shape index (κ1) is 22.2. The molecule has 0 saturated heterocycles. The fourth-order valence-electron chi connectivity index (χ4n) is 3.96. The molecule has 1 aliphatic carbocycles. The predicted octanol–water partition coefficient (Wildman–Crippen LogP) is 3.76. The van der Waals surface area contributed by atoms with Crippen molar-refractivity contribution in [2.24, 2.45) is 5.10 Å². The third-order valence-corrected chi connectivity index (χ3v) is 5.35. The highest BCUT2D eigenvalue weighted by Gasteiger charge is 2.36. The van der Waals surface area contributed by atoms with Crippen molar-refractivity contribution in [2.75, 3.05) is 10.7 Å². The average Bonchev–Trinajstić information content (AvgIpc) is 3.19. The van der Waals surface area contributed by atoms with E-state index < -0.39 is 0 Å². The number of rotatable bonds is 5. The number of amides is 1. The van der Waals surface area contributed by atoms with E-state index in [0.29, 0.717) is 28.9 Å². The van der Waals surface area contributed by atoms with Crippen LogP contribution >= 0.6 is 11.6 Å². The normalized spacial score (nSPS) is 16.5. The van der Waals surface area contributed by atoms with Gasteiger partial charge < -0.3 is 10.7 Å². The molecular weight excluding hydrogens is 418 g/mol. The highest BCUT2D eigenvalue weighted by molar-refractivity contribution is 6.33. The first-order valence-corrected chi connectivity index (χ1v) is 10.0. The zero-order valence-corrected chi connectivity index (χ0v) is 18.2. The van der Waals surface area contributed by atoms with Crippen LogP contribution in [0.5, 0.6) is 0 Å². The van der Waals surface area contributed by atoms with E-state index in [0.717, 1.165) is 18.2 Å². The monoisotopic (exact) mass is 441 g/mol. The molecule has 10 heteroatoms. The number of nitrogens with one attached hydrogen (secondary N) is 4. The van der Waals surface area contributed by atoms with Crippen molar-refractivity contribution in [1.82, 2.24) is 14.6 Å². The second kappa shape index (κ2) is 9.13. The summed E-state index contributed by atoms with van der Waals surface area (Å²) >= 11 is 5.83. The number of carbonyl (C=O) groups excluding carboxylic acids is 1. The number of halogens is 1. The molecule has 4 N–H and O–H groups in total. The summed E-state index contributed by atoms with van der Waals surface area (Å²) in [5, 5.41) is 16.0. The van der Waals surface area contributed by atoms with Crippen molar-refractivity contribution in [3.63, 3.8) is 0 Å². The Labute approximate surface area is 184 Å². The van der Waals surface area contributed by atoms with E-state index in [4.69, 9.17) is 17.0 Å². The molecule has 9 nitrogen and oxygen atoms in total. The van der Waals surface area contributed by atoms with Crippen molar-refractivity contribution in [2.45, 2.75) is 38.5 Å². The predicted molar refractivity (Wildman–Crippen MR) is 124 cm³/mol. The highest BCUT2D eigenvalue weighted by Crippen LogP contribution is 2.45. The summed E-state index contributed by atoms with van der Waals surface area (Å²) in [6.45, 7) is 6.74. The maximum atomic E-state index is 11.4. The molecule has 4 rings (SSSR count). The number of aromatic nitrogens is 3. The Morgan fingerprint density at radius 1 is 1.39 bits per heavy atom. The van der Waals surface area contributed by atoms with E-state index in [1.54, 1.807) is 6.07 Å². The summed E-state index contributed by atoms with van der Waals surface area (Å²) in [5.74, 6) is 0.923. The van der Waals surface area contributed by atoms with Gasteiger partial charge in [-0.25, -0.2) is 4.98 Å². The van der Waals surface area contributed by atoms with Gasteiger partial charge >= 0.3 is 0 Å². The molecule has 0 aliphatic heterocycles. The molecule has 1 atom stereocenters. The molecule has 0 bridgehead atoms. The maximum absolute atomic E-state index is 11.4. The number of aromatic amines is 1. The summed E-state index contributed by atoms with van der Waals surface area (Å²) in [4.78, 5) is 25.5. The van der Waals surface area contributed by atoms with Crippen LogP contribution in [0.2, 0.25) is 5.02 Å². The average molecular weight is 442 g/mol. The molecule has 1 amide bonds. The number of hydrogen-bond acceptors (Lipinski definition) is 6. The SMILES string of the molecule is CC1CC(C)(C)c2c1ccc1cc(=O)[nH]n21.N=C/C=N\Nc1ncc(NC=O)cc1Cl. The van der Waals surface area contributed by atoms with Gasteiger partial charge in [0.2, 0.25) is 6.41 Å². The van der Waals surface area contributed by atoms with Gasteiger partial charge in [-0.2, -0.15) is 5.10 Å². The van der Waals surface area contributed by atoms with Crippen molar-refractivity contribution >= 4 is 47.5 Å². The largest absolute Gasteiger partial charge is 0.327 e. The minimum Gasteiger partial charge on any atom is -0.327 e. The molecule has 0 spiro atoms. The quantitative estimate of drug-likeness (QED) is 0.273. The highest BCUT2D eigenvalue weighted by atomic mass is 35.5. The van der Waals surface area contributed by atoms with Crippen LogP contribution in [0.4, 0.5) is 11.5 Å². The number of nitrogens with zero attached hydrogens (tertiary/aromatic N) is 3. The molecule has 0 fully saturated rings. The van der Waals surface area contributed by atoms with Gasteiger partial charge in [0.25, 0.3) is 5.56 Å². The van der Waals surface area contributed by atoms with Gasteiger partial charge in [0, 0.05) is 23.4 Å². The lowest BCUT2D eigenvalue weighted by Crippen LogP contribution is -2.18. The Morgan fingerprint density at radius 3 is 2.84 bits per heavy atom. The Bertz CT molecular complexity index is 1200. The second-order valence-corrected chi connectivity index (χ2v) is 8.29. The van der Waals surface area contributed by atoms with E-state index in [1.165, 1.54) is 29.7 Å². The van der Waals surface area contributed by atoms with E-state index >= 15 is 0 Å². The maximum Gasteiger partial charge on any atom is 0.264 e. The number of H-pyrrole nitrogens is 1.